The number of aliphatic hydroxyl groups is 1. The number of imidazole rings is 1. The minimum Gasteiger partial charge on any atom is -0.396 e. The van der Waals surface area contributed by atoms with E-state index >= 15 is 0 Å². The number of aromatic nitrogens is 2. The smallest absolute Gasteiger partial charge is 0.120 e. The summed E-state index contributed by atoms with van der Waals surface area (Å²) < 4.78 is 5.70. The molecular weight excluding hydrogens is 218 g/mol. The minimum absolute atomic E-state index is 0.220. The number of piperidine rings is 1. The number of H-pyrrole nitrogens is 1. The van der Waals surface area contributed by atoms with Crippen LogP contribution in [0.4, 0.5) is 0 Å². The fraction of sp³-hybridized carbons (Fsp3) is 0.750. The van der Waals surface area contributed by atoms with Crippen LogP contribution in [0.3, 0.4) is 0 Å². The second-order valence-electron chi connectivity index (χ2n) is 4.46. The van der Waals surface area contributed by atoms with Crippen LogP contribution in [0.5, 0.6) is 0 Å². The maximum Gasteiger partial charge on any atom is 0.120 e. The highest BCUT2D eigenvalue weighted by molar-refractivity contribution is 4.88. The van der Waals surface area contributed by atoms with Crippen molar-refractivity contribution in [2.75, 3.05) is 26.3 Å². The van der Waals surface area contributed by atoms with Gasteiger partial charge < -0.3 is 14.8 Å². The molecule has 0 aromatic carbocycles. The van der Waals surface area contributed by atoms with Gasteiger partial charge in [-0.25, -0.2) is 4.98 Å². The first kappa shape index (κ1) is 12.5. The zero-order valence-corrected chi connectivity index (χ0v) is 10.1. The first-order chi connectivity index (χ1) is 8.38. The van der Waals surface area contributed by atoms with Crippen molar-refractivity contribution < 1.29 is 9.84 Å². The van der Waals surface area contributed by atoms with Crippen molar-refractivity contribution in [3.63, 3.8) is 0 Å². The number of nitrogens with one attached hydrogen (secondary N) is 1. The summed E-state index contributed by atoms with van der Waals surface area (Å²) in [5.41, 5.74) is 0. The van der Waals surface area contributed by atoms with Gasteiger partial charge in [0.05, 0.1) is 12.6 Å². The molecule has 2 N–H and O–H groups in total. The Morgan fingerprint density at radius 1 is 1.47 bits per heavy atom. The average Bonchev–Trinajstić information content (AvgIpc) is 2.85. The molecule has 1 aromatic rings. The molecule has 5 nitrogen and oxygen atoms in total. The summed E-state index contributed by atoms with van der Waals surface area (Å²) in [5, 5.41) is 8.68. The third-order valence-electron chi connectivity index (χ3n) is 3.12. The van der Waals surface area contributed by atoms with Crippen molar-refractivity contribution in [1.82, 2.24) is 14.9 Å². The molecule has 96 valence electrons. The van der Waals surface area contributed by atoms with Gasteiger partial charge in [-0.15, -0.1) is 0 Å². The highest BCUT2D eigenvalue weighted by atomic mass is 16.5. The molecule has 1 aliphatic rings. The van der Waals surface area contributed by atoms with E-state index in [0.717, 1.165) is 44.7 Å². The number of nitrogens with zero attached hydrogens (tertiary/aromatic N) is 2. The molecule has 0 spiro atoms. The minimum atomic E-state index is 0.220. The van der Waals surface area contributed by atoms with Crippen molar-refractivity contribution in [2.45, 2.75) is 31.9 Å². The summed E-state index contributed by atoms with van der Waals surface area (Å²) in [5.74, 6) is 1.03. The SMILES string of the molecule is OCCCOC1CCN(Cc2ncc[nH]2)CC1. The lowest BCUT2D eigenvalue weighted by molar-refractivity contribution is 0.000386. The Bertz CT molecular complexity index is 295. The van der Waals surface area contributed by atoms with E-state index in [1.54, 1.807) is 6.20 Å². The van der Waals surface area contributed by atoms with Crippen LogP contribution in [0.25, 0.3) is 0 Å². The van der Waals surface area contributed by atoms with Crippen LogP contribution in [0.2, 0.25) is 0 Å². The Morgan fingerprint density at radius 3 is 2.94 bits per heavy atom. The van der Waals surface area contributed by atoms with Crippen molar-refractivity contribution >= 4 is 0 Å². The highest BCUT2D eigenvalue weighted by Gasteiger charge is 2.19. The van der Waals surface area contributed by atoms with Crippen LogP contribution in [0.15, 0.2) is 12.4 Å². The van der Waals surface area contributed by atoms with Crippen LogP contribution in [-0.4, -0.2) is 52.4 Å². The van der Waals surface area contributed by atoms with Gasteiger partial charge in [-0.05, 0) is 19.3 Å². The van der Waals surface area contributed by atoms with Gasteiger partial charge in [-0.1, -0.05) is 0 Å². The predicted octanol–water partition coefficient (Wildman–Crippen LogP) is 0.773. The summed E-state index contributed by atoms with van der Waals surface area (Å²) in [6.07, 6.45) is 6.92. The first-order valence-corrected chi connectivity index (χ1v) is 6.31. The number of aromatic amines is 1. The molecule has 1 aromatic heterocycles. The molecule has 0 radical (unpaired) electrons. The van der Waals surface area contributed by atoms with Crippen LogP contribution in [0, 0.1) is 0 Å². The summed E-state index contributed by atoms with van der Waals surface area (Å²) in [6, 6.07) is 0. The van der Waals surface area contributed by atoms with E-state index in [9.17, 15) is 0 Å². The van der Waals surface area contributed by atoms with E-state index in [2.05, 4.69) is 14.9 Å². The Balaban J connectivity index is 1.64. The number of hydrogen-bond donors (Lipinski definition) is 2. The topological polar surface area (TPSA) is 61.4 Å². The molecule has 0 saturated carbocycles. The van der Waals surface area contributed by atoms with Crippen molar-refractivity contribution in [2.24, 2.45) is 0 Å². The lowest BCUT2D eigenvalue weighted by atomic mass is 10.1. The Labute approximate surface area is 102 Å². The van der Waals surface area contributed by atoms with E-state index in [0.29, 0.717) is 12.7 Å². The molecule has 5 heteroatoms. The van der Waals surface area contributed by atoms with Gasteiger partial charge in [-0.2, -0.15) is 0 Å². The molecular formula is C12H21N3O2. The van der Waals surface area contributed by atoms with Crippen molar-refractivity contribution in [3.05, 3.63) is 18.2 Å². The molecule has 0 bridgehead atoms. The predicted molar refractivity (Wildman–Crippen MR) is 64.5 cm³/mol. The maximum absolute atomic E-state index is 8.68. The number of likely N-dealkylation sites (tertiary alicyclic amines) is 1. The average molecular weight is 239 g/mol. The molecule has 1 saturated heterocycles. The third-order valence-corrected chi connectivity index (χ3v) is 3.12. The molecule has 2 rings (SSSR count). The van der Waals surface area contributed by atoms with Gasteiger partial charge in [0.15, 0.2) is 0 Å². The number of hydrogen-bond acceptors (Lipinski definition) is 4. The van der Waals surface area contributed by atoms with E-state index < -0.39 is 0 Å². The van der Waals surface area contributed by atoms with E-state index in [4.69, 9.17) is 9.84 Å². The number of aliphatic hydroxyl groups excluding tert-OH is 1. The Hall–Kier alpha value is -0.910. The Morgan fingerprint density at radius 2 is 2.29 bits per heavy atom. The molecule has 0 atom stereocenters. The van der Waals surface area contributed by atoms with Crippen LogP contribution >= 0.6 is 0 Å². The standard InChI is InChI=1S/C12H21N3O2/c16-8-1-9-17-11-2-6-15(7-3-11)10-12-13-4-5-14-12/h4-5,11,16H,1-3,6-10H2,(H,13,14). The second-order valence-corrected chi connectivity index (χ2v) is 4.46. The van der Waals surface area contributed by atoms with Gasteiger partial charge >= 0.3 is 0 Å². The van der Waals surface area contributed by atoms with Gasteiger partial charge in [0.1, 0.15) is 5.82 Å². The molecule has 1 aliphatic heterocycles. The molecule has 0 unspecified atom stereocenters. The van der Waals surface area contributed by atoms with E-state index in [1.807, 2.05) is 6.20 Å². The summed E-state index contributed by atoms with van der Waals surface area (Å²) >= 11 is 0. The number of ether oxygens (including phenoxy) is 1. The summed E-state index contributed by atoms with van der Waals surface area (Å²) in [4.78, 5) is 9.75. The molecule has 2 heterocycles. The highest BCUT2D eigenvalue weighted by Crippen LogP contribution is 2.15. The zero-order chi connectivity index (χ0) is 11.9. The zero-order valence-electron chi connectivity index (χ0n) is 10.1. The molecule has 1 fully saturated rings. The molecule has 0 amide bonds. The van der Waals surface area contributed by atoms with Gasteiger partial charge in [-0.3, -0.25) is 4.90 Å². The van der Waals surface area contributed by atoms with Crippen LogP contribution < -0.4 is 0 Å². The van der Waals surface area contributed by atoms with Crippen LogP contribution in [-0.2, 0) is 11.3 Å². The van der Waals surface area contributed by atoms with Crippen molar-refractivity contribution in [1.29, 1.82) is 0 Å². The van der Waals surface area contributed by atoms with E-state index in [-0.39, 0.29) is 6.61 Å². The van der Waals surface area contributed by atoms with Gasteiger partial charge in [0, 0.05) is 38.7 Å². The van der Waals surface area contributed by atoms with E-state index in [1.165, 1.54) is 0 Å². The largest absolute Gasteiger partial charge is 0.396 e. The lowest BCUT2D eigenvalue weighted by Gasteiger charge is -2.31. The third kappa shape index (κ3) is 4.11. The van der Waals surface area contributed by atoms with Gasteiger partial charge in [0.2, 0.25) is 0 Å². The summed E-state index contributed by atoms with van der Waals surface area (Å²) in [7, 11) is 0. The first-order valence-electron chi connectivity index (χ1n) is 6.31. The molecule has 17 heavy (non-hydrogen) atoms. The van der Waals surface area contributed by atoms with Gasteiger partial charge in [0.25, 0.3) is 0 Å². The van der Waals surface area contributed by atoms with Crippen LogP contribution in [0.1, 0.15) is 25.1 Å². The number of rotatable bonds is 6. The fourth-order valence-electron chi connectivity index (χ4n) is 2.14. The lowest BCUT2D eigenvalue weighted by Crippen LogP contribution is -2.37. The molecule has 0 aliphatic carbocycles. The maximum atomic E-state index is 8.68. The Kier molecular flexibility index (Phi) is 4.97. The normalized spacial score (nSPS) is 18.6. The monoisotopic (exact) mass is 239 g/mol. The quantitative estimate of drug-likeness (QED) is 0.720. The second kappa shape index (κ2) is 6.74. The van der Waals surface area contributed by atoms with Crippen molar-refractivity contribution in [3.8, 4) is 0 Å². The summed E-state index contributed by atoms with van der Waals surface area (Å²) in [6.45, 7) is 3.92. The fourth-order valence-corrected chi connectivity index (χ4v) is 2.14.